The molecule has 156 valence electrons. The van der Waals surface area contributed by atoms with Gasteiger partial charge in [-0.15, -0.1) is 0 Å². The molecule has 2 fully saturated rings. The van der Waals surface area contributed by atoms with Gasteiger partial charge >= 0.3 is 34.1 Å². The SMILES string of the molecule is CCN1CCN(C(=O)N(N[C@H](C)C(=O)O)C2CN(S(=O)(=O)O)C2=O)C(=O)C1=O. The summed E-state index contributed by atoms with van der Waals surface area (Å²) in [5, 5.41) is 9.53. The Morgan fingerprint density at radius 2 is 1.86 bits per heavy atom. The van der Waals surface area contributed by atoms with Gasteiger partial charge in [0.2, 0.25) is 0 Å². The Labute approximate surface area is 159 Å². The van der Waals surface area contributed by atoms with Crippen molar-refractivity contribution in [1.82, 2.24) is 24.5 Å². The number of carbonyl (C=O) groups is 5. The van der Waals surface area contributed by atoms with E-state index in [0.29, 0.717) is 9.91 Å². The van der Waals surface area contributed by atoms with E-state index >= 15 is 0 Å². The third-order valence-corrected chi connectivity index (χ3v) is 5.18. The van der Waals surface area contributed by atoms with E-state index in [1.54, 1.807) is 6.92 Å². The molecule has 0 radical (unpaired) electrons. The van der Waals surface area contributed by atoms with Crippen LogP contribution in [0.2, 0.25) is 0 Å². The van der Waals surface area contributed by atoms with Crippen molar-refractivity contribution >= 4 is 40.0 Å². The van der Waals surface area contributed by atoms with E-state index in [9.17, 15) is 32.4 Å². The van der Waals surface area contributed by atoms with Crippen molar-refractivity contribution in [3.63, 3.8) is 0 Å². The van der Waals surface area contributed by atoms with E-state index in [2.05, 4.69) is 5.43 Å². The lowest BCUT2D eigenvalue weighted by Crippen LogP contribution is -2.72. The number of piperazine rings is 1. The number of β-lactam (4-membered cyclic amide) rings is 1. The van der Waals surface area contributed by atoms with Gasteiger partial charge in [0, 0.05) is 19.6 Å². The maximum absolute atomic E-state index is 12.8. The van der Waals surface area contributed by atoms with E-state index in [1.807, 2.05) is 0 Å². The molecule has 2 atom stereocenters. The highest BCUT2D eigenvalue weighted by molar-refractivity contribution is 7.84. The van der Waals surface area contributed by atoms with E-state index in [-0.39, 0.29) is 23.9 Å². The summed E-state index contributed by atoms with van der Waals surface area (Å²) < 4.78 is 31.2. The van der Waals surface area contributed by atoms with Crippen LogP contribution in [0.1, 0.15) is 13.8 Å². The summed E-state index contributed by atoms with van der Waals surface area (Å²) in [4.78, 5) is 61.9. The molecule has 28 heavy (non-hydrogen) atoms. The lowest BCUT2D eigenvalue weighted by Gasteiger charge is -2.44. The molecule has 1 unspecified atom stereocenters. The lowest BCUT2D eigenvalue weighted by molar-refractivity contribution is -0.155. The molecule has 2 saturated heterocycles. The number of carbonyl (C=O) groups excluding carboxylic acids is 4. The second-order valence-corrected chi connectivity index (χ2v) is 7.38. The Balaban J connectivity index is 2.26. The molecule has 0 aromatic carbocycles. The van der Waals surface area contributed by atoms with Gasteiger partial charge in [-0.2, -0.15) is 8.42 Å². The summed E-state index contributed by atoms with van der Waals surface area (Å²) in [6, 6.07) is -4.07. The largest absolute Gasteiger partial charge is 0.480 e. The predicted octanol–water partition coefficient (Wildman–Crippen LogP) is -2.91. The van der Waals surface area contributed by atoms with Gasteiger partial charge in [-0.25, -0.2) is 19.5 Å². The fourth-order valence-corrected chi connectivity index (χ4v) is 3.29. The summed E-state index contributed by atoms with van der Waals surface area (Å²) in [6.07, 6.45) is 0. The third-order valence-electron chi connectivity index (χ3n) is 4.29. The number of imide groups is 1. The first-order valence-electron chi connectivity index (χ1n) is 8.12. The second kappa shape index (κ2) is 7.69. The minimum absolute atomic E-state index is 0.0465. The normalized spacial score (nSPS) is 21.5. The predicted molar refractivity (Wildman–Crippen MR) is 88.5 cm³/mol. The number of hydrogen-bond acceptors (Lipinski definition) is 8. The van der Waals surface area contributed by atoms with Crippen LogP contribution in [-0.4, -0.2) is 105 Å². The minimum atomic E-state index is -4.85. The van der Waals surface area contributed by atoms with Crippen molar-refractivity contribution < 1.29 is 42.0 Å². The molecule has 2 aliphatic heterocycles. The zero-order valence-electron chi connectivity index (χ0n) is 14.9. The van der Waals surface area contributed by atoms with Crippen molar-refractivity contribution in [2.24, 2.45) is 0 Å². The number of hydrogen-bond donors (Lipinski definition) is 3. The van der Waals surface area contributed by atoms with Crippen LogP contribution in [0, 0.1) is 0 Å². The highest BCUT2D eigenvalue weighted by Gasteiger charge is 2.51. The number of urea groups is 1. The average Bonchev–Trinajstić information content (AvgIpc) is 2.59. The quantitative estimate of drug-likeness (QED) is 0.174. The topological polar surface area (TPSA) is 185 Å². The molecule has 0 aliphatic carbocycles. The number of hydrazine groups is 1. The number of likely N-dealkylation sites (N-methyl/N-ethyl adjacent to an activating group) is 1. The standard InChI is InChI=1S/C13H19N5O9S/c1-3-15-4-5-16(11(21)10(15)20)13(24)18(14-7(2)12(22)23)8-6-17(9(8)19)28(25,26)27/h7-8,14H,3-6H2,1-2H3,(H,22,23)(H,25,26,27)/t7-,8?/m1/s1. The number of nitrogens with one attached hydrogen (secondary N) is 1. The molecule has 0 spiro atoms. The Hall–Kier alpha value is -2.78. The van der Waals surface area contributed by atoms with Crippen molar-refractivity contribution in [3.8, 4) is 0 Å². The van der Waals surface area contributed by atoms with Crippen LogP contribution in [0.25, 0.3) is 0 Å². The zero-order chi connectivity index (χ0) is 21.4. The molecule has 0 aromatic heterocycles. The molecule has 2 aliphatic rings. The van der Waals surface area contributed by atoms with Gasteiger partial charge in [-0.05, 0) is 13.8 Å². The first-order chi connectivity index (χ1) is 12.9. The number of carboxylic acid groups (broad SMARTS) is 1. The Bertz CT molecular complexity index is 828. The van der Waals surface area contributed by atoms with Gasteiger partial charge in [0.05, 0.1) is 6.54 Å². The first kappa shape index (κ1) is 21.5. The van der Waals surface area contributed by atoms with Gasteiger partial charge in [0.15, 0.2) is 0 Å². The average molecular weight is 421 g/mol. The molecule has 5 amide bonds. The first-order valence-corrected chi connectivity index (χ1v) is 9.51. The number of aliphatic carboxylic acids is 1. The fraction of sp³-hybridized carbons (Fsp3) is 0.615. The Kier molecular flexibility index (Phi) is 5.91. The van der Waals surface area contributed by atoms with E-state index in [1.165, 1.54) is 4.90 Å². The van der Waals surface area contributed by atoms with Crippen LogP contribution in [0.3, 0.4) is 0 Å². The van der Waals surface area contributed by atoms with Gasteiger partial charge < -0.3 is 10.0 Å². The number of nitrogens with zero attached hydrogens (tertiary/aromatic N) is 4. The lowest BCUT2D eigenvalue weighted by atomic mass is 10.1. The van der Waals surface area contributed by atoms with Crippen LogP contribution in [0.15, 0.2) is 0 Å². The highest BCUT2D eigenvalue weighted by atomic mass is 32.2. The molecule has 0 aromatic rings. The highest BCUT2D eigenvalue weighted by Crippen LogP contribution is 2.21. The smallest absolute Gasteiger partial charge is 0.362 e. The van der Waals surface area contributed by atoms with E-state index in [4.69, 9.17) is 9.66 Å². The molecule has 0 saturated carbocycles. The van der Waals surface area contributed by atoms with Crippen LogP contribution in [0.4, 0.5) is 4.79 Å². The molecule has 15 heteroatoms. The number of amides is 5. The van der Waals surface area contributed by atoms with Crippen molar-refractivity contribution in [2.75, 3.05) is 26.2 Å². The molecular formula is C13H19N5O9S. The summed E-state index contributed by atoms with van der Waals surface area (Å²) in [5.74, 6) is -4.69. The minimum Gasteiger partial charge on any atom is -0.480 e. The van der Waals surface area contributed by atoms with Crippen molar-refractivity contribution in [3.05, 3.63) is 0 Å². The van der Waals surface area contributed by atoms with Gasteiger partial charge in [0.25, 0.3) is 5.91 Å². The summed E-state index contributed by atoms with van der Waals surface area (Å²) in [6.45, 7) is 2.23. The second-order valence-electron chi connectivity index (χ2n) is 6.05. The van der Waals surface area contributed by atoms with E-state index in [0.717, 1.165) is 6.92 Å². The fourth-order valence-electron chi connectivity index (χ4n) is 2.61. The summed E-state index contributed by atoms with van der Waals surface area (Å²) in [7, 11) is -4.85. The summed E-state index contributed by atoms with van der Waals surface area (Å²) in [5.41, 5.74) is 2.22. The third kappa shape index (κ3) is 3.90. The molecule has 3 N–H and O–H groups in total. The maximum atomic E-state index is 12.8. The van der Waals surface area contributed by atoms with Gasteiger partial charge in [-0.3, -0.25) is 28.6 Å². The molecule has 2 heterocycles. The van der Waals surface area contributed by atoms with Crippen molar-refractivity contribution in [2.45, 2.75) is 25.9 Å². The molecule has 2 rings (SSSR count). The van der Waals surface area contributed by atoms with Crippen LogP contribution >= 0.6 is 0 Å². The monoisotopic (exact) mass is 421 g/mol. The van der Waals surface area contributed by atoms with Crippen LogP contribution in [-0.2, 0) is 29.5 Å². The molecule has 14 nitrogen and oxygen atoms in total. The van der Waals surface area contributed by atoms with Crippen LogP contribution < -0.4 is 5.43 Å². The zero-order valence-corrected chi connectivity index (χ0v) is 15.7. The Morgan fingerprint density at radius 3 is 2.32 bits per heavy atom. The van der Waals surface area contributed by atoms with E-state index < -0.39 is 58.7 Å². The Morgan fingerprint density at radius 1 is 1.25 bits per heavy atom. The number of carboxylic acids is 1. The van der Waals surface area contributed by atoms with Gasteiger partial charge in [0.1, 0.15) is 12.1 Å². The number of rotatable bonds is 6. The van der Waals surface area contributed by atoms with Gasteiger partial charge in [-0.1, -0.05) is 0 Å². The molecule has 0 bridgehead atoms. The molecular weight excluding hydrogens is 402 g/mol. The van der Waals surface area contributed by atoms with Crippen molar-refractivity contribution in [1.29, 1.82) is 0 Å². The maximum Gasteiger partial charge on any atom is 0.362 e. The van der Waals surface area contributed by atoms with Crippen LogP contribution in [0.5, 0.6) is 0 Å². The summed E-state index contributed by atoms with van der Waals surface area (Å²) >= 11 is 0.